The Labute approximate surface area is 201 Å². The molecule has 0 unspecified atom stereocenters. The summed E-state index contributed by atoms with van der Waals surface area (Å²) in [6.45, 7) is 9.76. The second-order valence-corrected chi connectivity index (χ2v) is 8.03. The van der Waals surface area contributed by atoms with Gasteiger partial charge in [0.1, 0.15) is 16.7 Å². The van der Waals surface area contributed by atoms with Gasteiger partial charge in [0.15, 0.2) is 0 Å². The zero-order valence-corrected chi connectivity index (χ0v) is 19.3. The van der Waals surface area contributed by atoms with Crippen LogP contribution in [0.15, 0.2) is 78.9 Å². The van der Waals surface area contributed by atoms with Crippen molar-refractivity contribution in [3.63, 3.8) is 0 Å². The molecule has 9 heteroatoms. The average Bonchev–Trinajstić information content (AvgIpc) is 2.84. The molecule has 178 valence electrons. The molecule has 0 aliphatic carbocycles. The molecular weight excluding hydrogens is 459 g/mol. The van der Waals surface area contributed by atoms with Crippen LogP contribution in [-0.2, 0) is 6.18 Å². The number of alkyl halides is 3. The first-order chi connectivity index (χ1) is 16.4. The van der Waals surface area contributed by atoms with Crippen LogP contribution >= 0.6 is 11.9 Å². The van der Waals surface area contributed by atoms with Gasteiger partial charge < -0.3 is 15.4 Å². The molecule has 0 saturated heterocycles. The summed E-state index contributed by atoms with van der Waals surface area (Å²) in [4.78, 5) is 8.79. The normalized spacial score (nSPS) is 11.1. The predicted molar refractivity (Wildman–Crippen MR) is 135 cm³/mol. The van der Waals surface area contributed by atoms with E-state index >= 15 is 0 Å². The zero-order chi connectivity index (χ0) is 24.4. The molecule has 0 bridgehead atoms. The van der Waals surface area contributed by atoms with Crippen molar-refractivity contribution in [3.8, 4) is 11.3 Å². The lowest BCUT2D eigenvalue weighted by molar-refractivity contribution is -0.137. The van der Waals surface area contributed by atoms with E-state index in [4.69, 9.17) is 0 Å². The summed E-state index contributed by atoms with van der Waals surface area (Å²) < 4.78 is 44.0. The molecule has 0 atom stereocenters. The van der Waals surface area contributed by atoms with Crippen LogP contribution in [0.25, 0.3) is 17.3 Å². The van der Waals surface area contributed by atoms with Gasteiger partial charge in [-0.3, -0.25) is 0 Å². The van der Waals surface area contributed by atoms with E-state index in [1.165, 1.54) is 24.1 Å². The largest absolute Gasteiger partial charge is 0.418 e. The number of nitrogens with zero attached hydrogens (tertiary/aromatic N) is 2. The predicted octanol–water partition coefficient (Wildman–Crippen LogP) is 6.50. The third-order valence-corrected chi connectivity index (χ3v) is 5.50. The maximum absolute atomic E-state index is 13.7. The Kier molecular flexibility index (Phi) is 9.12. The molecule has 34 heavy (non-hydrogen) atoms. The number of halogens is 3. The Bertz CT molecular complexity index is 1120. The smallest absolute Gasteiger partial charge is 0.369 e. The molecule has 3 aromatic rings. The summed E-state index contributed by atoms with van der Waals surface area (Å²) in [5.74, 6) is 0.997. The third kappa shape index (κ3) is 7.10. The summed E-state index contributed by atoms with van der Waals surface area (Å²) in [5, 5.41) is 7.18. The van der Waals surface area contributed by atoms with Gasteiger partial charge in [0.2, 0.25) is 0 Å². The van der Waals surface area contributed by atoms with E-state index in [9.17, 15) is 13.2 Å². The van der Waals surface area contributed by atoms with Gasteiger partial charge in [-0.15, -0.1) is 6.58 Å². The van der Waals surface area contributed by atoms with Gasteiger partial charge >= 0.3 is 6.18 Å². The highest BCUT2D eigenvalue weighted by Gasteiger charge is 2.35. The van der Waals surface area contributed by atoms with Gasteiger partial charge in [0.05, 0.1) is 11.3 Å². The number of pyridine rings is 2. The number of aromatic nitrogens is 2. The first-order valence-electron chi connectivity index (χ1n) is 10.7. The molecule has 0 fully saturated rings. The minimum atomic E-state index is -4.54. The Balaban J connectivity index is 1.72. The Morgan fingerprint density at radius 2 is 1.71 bits per heavy atom. The molecule has 0 saturated carbocycles. The number of nitrogens with one attached hydrogen (secondary N) is 3. The minimum absolute atomic E-state index is 0.152. The van der Waals surface area contributed by atoms with Crippen molar-refractivity contribution in [1.29, 1.82) is 0 Å². The summed E-state index contributed by atoms with van der Waals surface area (Å²) in [5.41, 5.74) is -0.0153. The Morgan fingerprint density at radius 3 is 2.47 bits per heavy atom. The number of rotatable bonds is 12. The van der Waals surface area contributed by atoms with Crippen LogP contribution in [0.2, 0.25) is 0 Å². The second kappa shape index (κ2) is 12.2. The number of anilines is 2. The summed E-state index contributed by atoms with van der Waals surface area (Å²) >= 11 is 1.17. The number of hydrogen-bond donors (Lipinski definition) is 3. The van der Waals surface area contributed by atoms with Crippen molar-refractivity contribution in [2.24, 2.45) is 0 Å². The lowest BCUT2D eigenvalue weighted by Gasteiger charge is -2.15. The fraction of sp³-hybridized carbons (Fsp3) is 0.200. The molecule has 2 heterocycles. The van der Waals surface area contributed by atoms with Crippen LogP contribution < -0.4 is 15.4 Å². The lowest BCUT2D eigenvalue weighted by atomic mass is 10.00. The van der Waals surface area contributed by atoms with Gasteiger partial charge in [-0.05, 0) is 42.8 Å². The highest BCUT2D eigenvalue weighted by atomic mass is 32.2. The Morgan fingerprint density at radius 1 is 0.882 bits per heavy atom. The molecule has 0 aliphatic heterocycles. The van der Waals surface area contributed by atoms with E-state index in [1.807, 2.05) is 24.3 Å². The molecule has 0 aliphatic rings. The van der Waals surface area contributed by atoms with Crippen LogP contribution in [0.4, 0.5) is 24.8 Å². The van der Waals surface area contributed by atoms with Crippen molar-refractivity contribution in [2.45, 2.75) is 17.6 Å². The van der Waals surface area contributed by atoms with Gasteiger partial charge in [0, 0.05) is 30.6 Å². The van der Waals surface area contributed by atoms with Crippen molar-refractivity contribution in [3.05, 3.63) is 85.0 Å². The van der Waals surface area contributed by atoms with Crippen LogP contribution in [0.5, 0.6) is 0 Å². The highest BCUT2D eigenvalue weighted by Crippen LogP contribution is 2.38. The van der Waals surface area contributed by atoms with Gasteiger partial charge in [-0.2, -0.15) is 13.2 Å². The second-order valence-electron chi connectivity index (χ2n) is 7.20. The van der Waals surface area contributed by atoms with Crippen LogP contribution in [0, 0.1) is 0 Å². The first-order valence-corrected chi connectivity index (χ1v) is 11.5. The maximum atomic E-state index is 13.7. The molecule has 0 spiro atoms. The van der Waals surface area contributed by atoms with E-state index in [1.54, 1.807) is 24.3 Å². The molecule has 0 amide bonds. The monoisotopic (exact) mass is 485 g/mol. The lowest BCUT2D eigenvalue weighted by Crippen LogP contribution is -2.23. The average molecular weight is 486 g/mol. The molecule has 0 radical (unpaired) electrons. The van der Waals surface area contributed by atoms with Crippen molar-refractivity contribution in [1.82, 2.24) is 15.3 Å². The fourth-order valence-corrected chi connectivity index (χ4v) is 3.74. The third-order valence-electron chi connectivity index (χ3n) is 4.75. The zero-order valence-electron chi connectivity index (χ0n) is 18.5. The van der Waals surface area contributed by atoms with Crippen molar-refractivity contribution >= 4 is 29.7 Å². The van der Waals surface area contributed by atoms with E-state index in [0.717, 1.165) is 25.6 Å². The van der Waals surface area contributed by atoms with Crippen molar-refractivity contribution in [2.75, 3.05) is 29.7 Å². The van der Waals surface area contributed by atoms with Crippen LogP contribution in [0.3, 0.4) is 0 Å². The molecule has 2 aromatic heterocycles. The summed E-state index contributed by atoms with van der Waals surface area (Å²) in [7, 11) is 0. The summed E-state index contributed by atoms with van der Waals surface area (Å²) in [6, 6.07) is 14.6. The summed E-state index contributed by atoms with van der Waals surface area (Å²) in [6.07, 6.45) is -0.245. The Hall–Kier alpha value is -3.30. The molecular formula is C25H26F3N5S. The van der Waals surface area contributed by atoms with E-state index < -0.39 is 11.7 Å². The van der Waals surface area contributed by atoms with Gasteiger partial charge in [-0.1, -0.05) is 49.1 Å². The number of benzene rings is 1. The van der Waals surface area contributed by atoms with Crippen LogP contribution in [0.1, 0.15) is 17.5 Å². The molecule has 1 aromatic carbocycles. The van der Waals surface area contributed by atoms with E-state index in [0.29, 0.717) is 34.3 Å². The quantitative estimate of drug-likeness (QED) is 0.155. The molecule has 3 N–H and O–H groups in total. The van der Waals surface area contributed by atoms with Crippen molar-refractivity contribution < 1.29 is 13.2 Å². The topological polar surface area (TPSA) is 61.9 Å². The minimum Gasteiger partial charge on any atom is -0.369 e. The maximum Gasteiger partial charge on any atom is 0.418 e. The van der Waals surface area contributed by atoms with Gasteiger partial charge in [0.25, 0.3) is 0 Å². The van der Waals surface area contributed by atoms with E-state index in [2.05, 4.69) is 38.5 Å². The van der Waals surface area contributed by atoms with E-state index in [-0.39, 0.29) is 5.69 Å². The van der Waals surface area contributed by atoms with Crippen LogP contribution in [-0.4, -0.2) is 29.6 Å². The molecule has 3 rings (SSSR count). The molecule has 5 nitrogen and oxygen atoms in total. The number of hydrogen-bond acceptors (Lipinski definition) is 6. The fourth-order valence-electron chi connectivity index (χ4n) is 3.12. The first kappa shape index (κ1) is 25.3. The van der Waals surface area contributed by atoms with Gasteiger partial charge in [-0.25, -0.2) is 9.97 Å². The SMILES string of the molecule is C=CCCNCCNc1cccc(SNc2ccc(C(F)(F)F)c(-c3ccccc3C=C)n2)n1. The standard InChI is InChI=1S/C25H26F3N5S/c1-3-5-15-29-16-17-30-21-11-8-12-23(31-21)34-33-22-14-13-20(25(26,27)28)24(32-22)19-10-7-6-9-18(19)4-2/h3-4,6-14,29H,1-2,5,15-17H2,(H,30,31)(H,32,33). The highest BCUT2D eigenvalue weighted by molar-refractivity contribution is 8.00.